The zero-order valence-electron chi connectivity index (χ0n) is 11.1. The monoisotopic (exact) mass is 249 g/mol. The van der Waals surface area contributed by atoms with Gasteiger partial charge in [0.1, 0.15) is 5.75 Å². The molecule has 0 fully saturated rings. The molecule has 1 atom stereocenters. The third-order valence-corrected chi connectivity index (χ3v) is 3.04. The molecule has 3 heteroatoms. The minimum Gasteiger partial charge on any atom is -0.426 e. The lowest BCUT2D eigenvalue weighted by Crippen LogP contribution is -2.20. The fraction of sp³-hybridized carbons (Fsp3) is 0.533. The fourth-order valence-corrected chi connectivity index (χ4v) is 1.89. The van der Waals surface area contributed by atoms with Gasteiger partial charge in [-0.2, -0.15) is 0 Å². The molecule has 0 heterocycles. The van der Waals surface area contributed by atoms with Gasteiger partial charge in [0.25, 0.3) is 0 Å². The van der Waals surface area contributed by atoms with Crippen LogP contribution in [-0.4, -0.2) is 12.5 Å². The summed E-state index contributed by atoms with van der Waals surface area (Å²) in [5.74, 6) is 0.516. The first kappa shape index (κ1) is 14.7. The van der Waals surface area contributed by atoms with E-state index in [-0.39, 0.29) is 11.9 Å². The number of benzene rings is 1. The molecule has 2 N–H and O–H groups in total. The third-order valence-electron chi connectivity index (χ3n) is 3.04. The van der Waals surface area contributed by atoms with Gasteiger partial charge in [0.15, 0.2) is 0 Å². The Morgan fingerprint density at radius 1 is 1.22 bits per heavy atom. The Hall–Kier alpha value is -1.35. The number of para-hydroxylation sites is 1. The molecule has 0 aromatic heterocycles. The van der Waals surface area contributed by atoms with Crippen LogP contribution in [0.3, 0.4) is 0 Å². The molecule has 0 aliphatic heterocycles. The number of nitrogens with two attached hydrogens (primary N) is 1. The lowest BCUT2D eigenvalue weighted by molar-refractivity contribution is -0.139. The van der Waals surface area contributed by atoms with Crippen LogP contribution in [0.15, 0.2) is 30.3 Å². The van der Waals surface area contributed by atoms with Gasteiger partial charge in [-0.25, -0.2) is 0 Å². The zero-order valence-corrected chi connectivity index (χ0v) is 11.1. The van der Waals surface area contributed by atoms with Crippen molar-refractivity contribution in [2.24, 2.45) is 11.7 Å². The van der Waals surface area contributed by atoms with Gasteiger partial charge in [0, 0.05) is 0 Å². The Kier molecular flexibility index (Phi) is 7.11. The summed E-state index contributed by atoms with van der Waals surface area (Å²) in [4.78, 5) is 12.0. The van der Waals surface area contributed by atoms with Gasteiger partial charge in [-0.1, -0.05) is 38.0 Å². The molecule has 0 bridgehead atoms. The molecule has 0 aliphatic carbocycles. The molecule has 0 spiro atoms. The van der Waals surface area contributed by atoms with Crippen molar-refractivity contribution in [2.75, 3.05) is 6.54 Å². The SMILES string of the molecule is CCC(CCCCCN)C(=O)Oc1ccccc1. The molecule has 100 valence electrons. The lowest BCUT2D eigenvalue weighted by atomic mass is 9.99. The van der Waals surface area contributed by atoms with E-state index in [2.05, 4.69) is 0 Å². The molecule has 0 saturated heterocycles. The Bertz CT molecular complexity index is 338. The molecule has 1 unspecified atom stereocenters. The minimum absolute atomic E-state index is 0.00276. The quantitative estimate of drug-likeness (QED) is 0.437. The molecule has 1 aromatic carbocycles. The van der Waals surface area contributed by atoms with Crippen molar-refractivity contribution in [3.05, 3.63) is 30.3 Å². The van der Waals surface area contributed by atoms with E-state index in [1.165, 1.54) is 0 Å². The van der Waals surface area contributed by atoms with E-state index < -0.39 is 0 Å². The first-order valence-corrected chi connectivity index (χ1v) is 6.74. The van der Waals surface area contributed by atoms with Crippen LogP contribution >= 0.6 is 0 Å². The number of rotatable bonds is 8. The number of hydrogen-bond donors (Lipinski definition) is 1. The summed E-state index contributed by atoms with van der Waals surface area (Å²) in [6.07, 6.45) is 4.88. The maximum Gasteiger partial charge on any atom is 0.314 e. The first-order chi connectivity index (χ1) is 8.77. The topological polar surface area (TPSA) is 52.3 Å². The smallest absolute Gasteiger partial charge is 0.314 e. The van der Waals surface area contributed by atoms with Crippen LogP contribution in [0, 0.1) is 5.92 Å². The molecule has 0 amide bonds. The maximum atomic E-state index is 12.0. The summed E-state index contributed by atoms with van der Waals surface area (Å²) < 4.78 is 5.36. The number of carbonyl (C=O) groups is 1. The van der Waals surface area contributed by atoms with Gasteiger partial charge in [0.05, 0.1) is 5.92 Å². The Morgan fingerprint density at radius 2 is 1.94 bits per heavy atom. The Morgan fingerprint density at radius 3 is 2.56 bits per heavy atom. The van der Waals surface area contributed by atoms with Crippen LogP contribution in [0.4, 0.5) is 0 Å². The van der Waals surface area contributed by atoms with Crippen LogP contribution in [0.2, 0.25) is 0 Å². The van der Waals surface area contributed by atoms with Crippen LogP contribution < -0.4 is 10.5 Å². The molecule has 3 nitrogen and oxygen atoms in total. The van der Waals surface area contributed by atoms with E-state index in [9.17, 15) is 4.79 Å². The number of esters is 1. The van der Waals surface area contributed by atoms with Gasteiger partial charge in [-0.15, -0.1) is 0 Å². The van der Waals surface area contributed by atoms with Crippen LogP contribution in [-0.2, 0) is 4.79 Å². The van der Waals surface area contributed by atoms with Gasteiger partial charge in [-0.05, 0) is 37.9 Å². The number of carbonyl (C=O) groups excluding carboxylic acids is 1. The summed E-state index contributed by atoms with van der Waals surface area (Å²) in [6.45, 7) is 2.76. The second-order valence-electron chi connectivity index (χ2n) is 4.48. The Balaban J connectivity index is 2.37. The standard InChI is InChI=1S/C15H23NO2/c1-2-13(9-5-4-8-12-16)15(17)18-14-10-6-3-7-11-14/h3,6-7,10-11,13H,2,4-5,8-9,12,16H2,1H3. The largest absolute Gasteiger partial charge is 0.426 e. The average molecular weight is 249 g/mol. The van der Waals surface area contributed by atoms with Gasteiger partial charge < -0.3 is 10.5 Å². The second kappa shape index (κ2) is 8.70. The van der Waals surface area contributed by atoms with Crippen molar-refractivity contribution in [2.45, 2.75) is 39.0 Å². The van der Waals surface area contributed by atoms with Gasteiger partial charge in [0.2, 0.25) is 0 Å². The highest BCUT2D eigenvalue weighted by atomic mass is 16.5. The van der Waals surface area contributed by atoms with Gasteiger partial charge >= 0.3 is 5.97 Å². The molecule has 0 radical (unpaired) electrons. The number of unbranched alkanes of at least 4 members (excludes halogenated alkanes) is 2. The Labute approximate surface area is 109 Å². The molecule has 0 aliphatic rings. The maximum absolute atomic E-state index is 12.0. The summed E-state index contributed by atoms with van der Waals surface area (Å²) in [5.41, 5.74) is 5.45. The van der Waals surface area contributed by atoms with E-state index in [4.69, 9.17) is 10.5 Å². The molecule has 0 saturated carbocycles. The predicted octanol–water partition coefficient (Wildman–Crippen LogP) is 3.14. The van der Waals surface area contributed by atoms with Gasteiger partial charge in [-0.3, -0.25) is 4.79 Å². The molecular formula is C15H23NO2. The van der Waals surface area contributed by atoms with Crippen molar-refractivity contribution in [3.63, 3.8) is 0 Å². The van der Waals surface area contributed by atoms with Crippen molar-refractivity contribution in [1.29, 1.82) is 0 Å². The van der Waals surface area contributed by atoms with E-state index in [0.717, 1.165) is 38.6 Å². The normalized spacial score (nSPS) is 12.1. The summed E-state index contributed by atoms with van der Waals surface area (Å²) >= 11 is 0. The van der Waals surface area contributed by atoms with E-state index in [0.29, 0.717) is 5.75 Å². The number of hydrogen-bond acceptors (Lipinski definition) is 3. The fourth-order valence-electron chi connectivity index (χ4n) is 1.89. The molecule has 1 aromatic rings. The van der Waals surface area contributed by atoms with Crippen LogP contribution in [0.1, 0.15) is 39.0 Å². The third kappa shape index (κ3) is 5.32. The average Bonchev–Trinajstić information content (AvgIpc) is 2.40. The van der Waals surface area contributed by atoms with Crippen molar-refractivity contribution >= 4 is 5.97 Å². The summed E-state index contributed by atoms with van der Waals surface area (Å²) in [7, 11) is 0. The predicted molar refractivity (Wildman–Crippen MR) is 73.4 cm³/mol. The van der Waals surface area contributed by atoms with E-state index in [1.54, 1.807) is 12.1 Å². The van der Waals surface area contributed by atoms with Crippen molar-refractivity contribution < 1.29 is 9.53 Å². The van der Waals surface area contributed by atoms with Crippen LogP contribution in [0.5, 0.6) is 5.75 Å². The molecule has 18 heavy (non-hydrogen) atoms. The first-order valence-electron chi connectivity index (χ1n) is 6.74. The van der Waals surface area contributed by atoms with Crippen molar-refractivity contribution in [3.8, 4) is 5.75 Å². The lowest BCUT2D eigenvalue weighted by Gasteiger charge is -2.13. The molecule has 1 rings (SSSR count). The zero-order chi connectivity index (χ0) is 13.2. The van der Waals surface area contributed by atoms with E-state index in [1.807, 2.05) is 25.1 Å². The number of ether oxygens (including phenoxy) is 1. The summed E-state index contributed by atoms with van der Waals surface area (Å²) in [6, 6.07) is 9.25. The van der Waals surface area contributed by atoms with Crippen LogP contribution in [0.25, 0.3) is 0 Å². The molecular weight excluding hydrogens is 226 g/mol. The summed E-state index contributed by atoms with van der Waals surface area (Å²) in [5, 5.41) is 0. The highest BCUT2D eigenvalue weighted by Crippen LogP contribution is 2.18. The highest BCUT2D eigenvalue weighted by Gasteiger charge is 2.18. The van der Waals surface area contributed by atoms with Crippen molar-refractivity contribution in [1.82, 2.24) is 0 Å². The highest BCUT2D eigenvalue weighted by molar-refractivity contribution is 5.74. The van der Waals surface area contributed by atoms with E-state index >= 15 is 0 Å². The minimum atomic E-state index is -0.114. The second-order valence-corrected chi connectivity index (χ2v) is 4.48.